The quantitative estimate of drug-likeness (QED) is 0.914. The average molecular weight is 275 g/mol. The summed E-state index contributed by atoms with van der Waals surface area (Å²) in [7, 11) is 4.17. The van der Waals surface area contributed by atoms with E-state index in [1.165, 1.54) is 0 Å². The van der Waals surface area contributed by atoms with Crippen LogP contribution in [0.4, 0.5) is 5.69 Å². The maximum Gasteiger partial charge on any atom is 0.256 e. The third-order valence-electron chi connectivity index (χ3n) is 4.05. The van der Waals surface area contributed by atoms with E-state index in [4.69, 9.17) is 0 Å². The van der Waals surface area contributed by atoms with E-state index in [9.17, 15) is 4.79 Å². The number of anilines is 1. The Morgan fingerprint density at radius 2 is 2.05 bits per heavy atom. The lowest BCUT2D eigenvalue weighted by Gasteiger charge is -2.22. The van der Waals surface area contributed by atoms with E-state index in [0.29, 0.717) is 12.0 Å². The van der Waals surface area contributed by atoms with Crippen molar-refractivity contribution in [2.75, 3.05) is 39.0 Å². The molecular weight excluding hydrogens is 250 g/mol. The van der Waals surface area contributed by atoms with Crippen LogP contribution in [0.1, 0.15) is 24.2 Å². The van der Waals surface area contributed by atoms with Gasteiger partial charge in [-0.3, -0.25) is 4.79 Å². The van der Waals surface area contributed by atoms with Gasteiger partial charge in [0.05, 0.1) is 5.56 Å². The average Bonchev–Trinajstić information content (AvgIpc) is 2.81. The number of hydrogen-bond donors (Lipinski definition) is 1. The van der Waals surface area contributed by atoms with Crippen LogP contribution in [0.15, 0.2) is 24.3 Å². The zero-order valence-electron chi connectivity index (χ0n) is 12.9. The van der Waals surface area contributed by atoms with Gasteiger partial charge in [-0.2, -0.15) is 0 Å². The highest BCUT2D eigenvalue weighted by molar-refractivity contribution is 5.99. The van der Waals surface area contributed by atoms with E-state index in [1.807, 2.05) is 36.1 Å². The monoisotopic (exact) mass is 275 g/mol. The smallest absolute Gasteiger partial charge is 0.256 e. The molecule has 1 N–H and O–H groups in total. The summed E-state index contributed by atoms with van der Waals surface area (Å²) in [6.07, 6.45) is 0. The number of likely N-dealkylation sites (tertiary alicyclic amines) is 1. The van der Waals surface area contributed by atoms with Crippen molar-refractivity contribution in [2.24, 2.45) is 5.92 Å². The molecule has 1 saturated heterocycles. The van der Waals surface area contributed by atoms with Crippen LogP contribution in [0, 0.1) is 5.92 Å². The molecule has 0 saturated carbocycles. The van der Waals surface area contributed by atoms with Crippen molar-refractivity contribution in [3.8, 4) is 0 Å². The van der Waals surface area contributed by atoms with Crippen molar-refractivity contribution in [1.29, 1.82) is 0 Å². The number of amides is 1. The first-order valence-corrected chi connectivity index (χ1v) is 7.33. The molecule has 0 spiro atoms. The van der Waals surface area contributed by atoms with Crippen molar-refractivity contribution in [3.05, 3.63) is 29.8 Å². The summed E-state index contributed by atoms with van der Waals surface area (Å²) in [5.41, 5.74) is 1.71. The number of para-hydroxylation sites is 1. The van der Waals surface area contributed by atoms with Gasteiger partial charge in [0.1, 0.15) is 0 Å². The molecule has 20 heavy (non-hydrogen) atoms. The predicted molar refractivity (Wildman–Crippen MR) is 83.1 cm³/mol. The lowest BCUT2D eigenvalue weighted by Crippen LogP contribution is -2.36. The van der Waals surface area contributed by atoms with E-state index in [0.717, 1.165) is 30.9 Å². The number of nitrogens with zero attached hydrogens (tertiary/aromatic N) is 2. The van der Waals surface area contributed by atoms with Crippen molar-refractivity contribution < 1.29 is 4.79 Å². The van der Waals surface area contributed by atoms with Crippen LogP contribution < -0.4 is 5.32 Å². The summed E-state index contributed by atoms with van der Waals surface area (Å²) in [5, 5.41) is 3.27. The molecule has 1 aromatic carbocycles. The summed E-state index contributed by atoms with van der Waals surface area (Å²) >= 11 is 0. The third-order valence-corrected chi connectivity index (χ3v) is 4.05. The predicted octanol–water partition coefficient (Wildman–Crippen LogP) is 2.14. The molecule has 0 radical (unpaired) electrons. The fraction of sp³-hybridized carbons (Fsp3) is 0.562. The van der Waals surface area contributed by atoms with Crippen LogP contribution >= 0.6 is 0 Å². The normalized spacial score (nSPS) is 22.4. The van der Waals surface area contributed by atoms with Gasteiger partial charge in [-0.1, -0.05) is 19.1 Å². The van der Waals surface area contributed by atoms with Crippen molar-refractivity contribution in [1.82, 2.24) is 9.80 Å². The first-order chi connectivity index (χ1) is 9.54. The zero-order chi connectivity index (χ0) is 14.7. The number of carbonyl (C=O) groups is 1. The fourth-order valence-corrected chi connectivity index (χ4v) is 2.97. The fourth-order valence-electron chi connectivity index (χ4n) is 2.97. The molecule has 1 aromatic rings. The SMILES string of the molecule is CCNc1ccccc1C(=O)N1CC(C)C(N(C)C)C1. The van der Waals surface area contributed by atoms with E-state index in [2.05, 4.69) is 31.2 Å². The van der Waals surface area contributed by atoms with Gasteiger partial charge in [0, 0.05) is 31.4 Å². The molecule has 1 heterocycles. The molecule has 1 aliphatic heterocycles. The summed E-state index contributed by atoms with van der Waals surface area (Å²) in [6, 6.07) is 8.22. The van der Waals surface area contributed by atoms with Crippen LogP contribution in [0.2, 0.25) is 0 Å². The summed E-state index contributed by atoms with van der Waals surface area (Å²) in [5.74, 6) is 0.651. The van der Waals surface area contributed by atoms with Crippen molar-refractivity contribution in [2.45, 2.75) is 19.9 Å². The minimum atomic E-state index is 0.137. The van der Waals surface area contributed by atoms with Crippen LogP contribution in [-0.4, -0.2) is 55.5 Å². The van der Waals surface area contributed by atoms with Gasteiger partial charge in [0.2, 0.25) is 0 Å². The number of nitrogens with one attached hydrogen (secondary N) is 1. The van der Waals surface area contributed by atoms with Gasteiger partial charge < -0.3 is 15.1 Å². The maximum atomic E-state index is 12.7. The largest absolute Gasteiger partial charge is 0.385 e. The molecular formula is C16H25N3O. The Morgan fingerprint density at radius 3 is 2.65 bits per heavy atom. The molecule has 0 aromatic heterocycles. The zero-order valence-corrected chi connectivity index (χ0v) is 12.9. The standard InChI is InChI=1S/C16H25N3O/c1-5-17-14-9-7-6-8-13(14)16(20)19-10-12(2)15(11-19)18(3)4/h6-9,12,15,17H,5,10-11H2,1-4H3. The minimum absolute atomic E-state index is 0.137. The Kier molecular flexibility index (Phi) is 4.65. The maximum absolute atomic E-state index is 12.7. The molecule has 110 valence electrons. The summed E-state index contributed by atoms with van der Waals surface area (Å²) in [6.45, 7) is 6.73. The number of benzene rings is 1. The molecule has 1 aliphatic rings. The van der Waals surface area contributed by atoms with E-state index >= 15 is 0 Å². The van der Waals surface area contributed by atoms with Crippen LogP contribution in [0.25, 0.3) is 0 Å². The van der Waals surface area contributed by atoms with Crippen LogP contribution in [0.3, 0.4) is 0 Å². The summed E-state index contributed by atoms with van der Waals surface area (Å²) in [4.78, 5) is 16.9. The molecule has 4 heteroatoms. The molecule has 0 bridgehead atoms. The van der Waals surface area contributed by atoms with Crippen molar-refractivity contribution >= 4 is 11.6 Å². The highest BCUT2D eigenvalue weighted by atomic mass is 16.2. The van der Waals surface area contributed by atoms with Gasteiger partial charge in [0.25, 0.3) is 5.91 Å². The second-order valence-corrected chi connectivity index (χ2v) is 5.79. The topological polar surface area (TPSA) is 35.6 Å². The highest BCUT2D eigenvalue weighted by Crippen LogP contribution is 2.24. The van der Waals surface area contributed by atoms with Gasteiger partial charge >= 0.3 is 0 Å². The second kappa shape index (κ2) is 6.27. The van der Waals surface area contributed by atoms with Gasteiger partial charge in [-0.25, -0.2) is 0 Å². The Bertz CT molecular complexity index is 473. The number of rotatable bonds is 4. The molecule has 4 nitrogen and oxygen atoms in total. The highest BCUT2D eigenvalue weighted by Gasteiger charge is 2.34. The second-order valence-electron chi connectivity index (χ2n) is 5.79. The molecule has 2 atom stereocenters. The molecule has 2 unspecified atom stereocenters. The molecule has 1 fully saturated rings. The Balaban J connectivity index is 2.17. The Labute approximate surface area is 121 Å². The van der Waals surface area contributed by atoms with Gasteiger partial charge in [0.15, 0.2) is 0 Å². The third kappa shape index (κ3) is 2.96. The lowest BCUT2D eigenvalue weighted by atomic mass is 10.1. The van der Waals surface area contributed by atoms with Gasteiger partial charge in [-0.05, 0) is 39.1 Å². The number of hydrogen-bond acceptors (Lipinski definition) is 3. The number of likely N-dealkylation sites (N-methyl/N-ethyl adjacent to an activating group) is 1. The Morgan fingerprint density at radius 1 is 1.35 bits per heavy atom. The molecule has 0 aliphatic carbocycles. The van der Waals surface area contributed by atoms with Crippen LogP contribution in [0.5, 0.6) is 0 Å². The van der Waals surface area contributed by atoms with E-state index in [1.54, 1.807) is 0 Å². The lowest BCUT2D eigenvalue weighted by molar-refractivity contribution is 0.0782. The Hall–Kier alpha value is -1.55. The minimum Gasteiger partial charge on any atom is -0.385 e. The summed E-state index contributed by atoms with van der Waals surface area (Å²) < 4.78 is 0. The van der Waals surface area contributed by atoms with Crippen LogP contribution in [-0.2, 0) is 0 Å². The molecule has 2 rings (SSSR count). The number of carbonyl (C=O) groups excluding carboxylic acids is 1. The van der Waals surface area contributed by atoms with Crippen molar-refractivity contribution in [3.63, 3.8) is 0 Å². The first kappa shape index (κ1) is 14.9. The molecule has 1 amide bonds. The van der Waals surface area contributed by atoms with E-state index in [-0.39, 0.29) is 5.91 Å². The first-order valence-electron chi connectivity index (χ1n) is 7.33. The van der Waals surface area contributed by atoms with Gasteiger partial charge in [-0.15, -0.1) is 0 Å². The van der Waals surface area contributed by atoms with E-state index < -0.39 is 0 Å².